The largest absolute Gasteiger partial charge is 0.461 e. The molecule has 3 fully saturated rings. The minimum Gasteiger partial charge on any atom is -0.461 e. The van der Waals surface area contributed by atoms with Gasteiger partial charge in [-0.15, -0.1) is 0 Å². The van der Waals surface area contributed by atoms with Crippen molar-refractivity contribution in [3.05, 3.63) is 69.8 Å². The summed E-state index contributed by atoms with van der Waals surface area (Å²) in [6.07, 6.45) is 17.4. The van der Waals surface area contributed by atoms with Crippen molar-refractivity contribution in [3.8, 4) is 59.4 Å². The first kappa shape index (κ1) is 41.3. The minimum atomic E-state index is -0.451. The number of carbonyl (C=O) groups excluding carboxylic acids is 3. The summed E-state index contributed by atoms with van der Waals surface area (Å²) in [7, 11) is 0. The molecule has 0 radical (unpaired) electrons. The molecule has 280 valence electrons. The maximum absolute atomic E-state index is 13.1. The molecule has 8 nitrogen and oxygen atoms in total. The number of benzene rings is 2. The molecule has 0 aromatic heterocycles. The van der Waals surface area contributed by atoms with Gasteiger partial charge in [-0.2, -0.15) is 0 Å². The van der Waals surface area contributed by atoms with Crippen LogP contribution in [0.25, 0.3) is 0 Å². The maximum atomic E-state index is 13.1. The predicted molar refractivity (Wildman–Crippen MR) is 205 cm³/mol. The van der Waals surface area contributed by atoms with Crippen molar-refractivity contribution in [1.82, 2.24) is 0 Å². The van der Waals surface area contributed by atoms with E-state index in [-0.39, 0.29) is 41.8 Å². The third-order valence-corrected chi connectivity index (χ3v) is 9.60. The molecule has 54 heavy (non-hydrogen) atoms. The molecule has 2 aromatic rings. The third-order valence-electron chi connectivity index (χ3n) is 9.60. The summed E-state index contributed by atoms with van der Waals surface area (Å²) in [5.41, 5.74) is 4.03. The van der Waals surface area contributed by atoms with Crippen LogP contribution in [-0.4, -0.2) is 41.1 Å². The number of aliphatic hydroxyl groups is 1. The van der Waals surface area contributed by atoms with Crippen LogP contribution in [-0.2, 0) is 25.9 Å². The standard InChI is InChI=1S/C27H38O6.C19H10O2/c28-26(31-21-10-4-1-5-11-21)24-17-16-20(19-30-33-23-14-8-3-9-15-23)18-25(24)27(29)32-22-12-6-2-7-13-22;1-16-12-13-18(15-17(16)2)19(21)11-9-7-5-3-4-6-8-10-14-20/h16-18,21-23H,1-15,19H2;12-13,15,20H,1-2H3. The van der Waals surface area contributed by atoms with Crippen LogP contribution in [0.15, 0.2) is 36.4 Å². The number of aliphatic hydroxyl groups excluding tert-OH is 1. The van der Waals surface area contributed by atoms with Gasteiger partial charge in [0.1, 0.15) is 24.9 Å². The fraction of sp³-hybridized carbons (Fsp3) is 0.457. The molecule has 0 spiro atoms. The van der Waals surface area contributed by atoms with Crippen LogP contribution >= 0.6 is 0 Å². The Morgan fingerprint density at radius 1 is 0.593 bits per heavy atom. The Labute approximate surface area is 320 Å². The highest BCUT2D eigenvalue weighted by molar-refractivity contribution is 6.09. The Hall–Kier alpha value is -5.43. The minimum absolute atomic E-state index is 0.0691. The number of ether oxygens (including phenoxy) is 2. The topological polar surface area (TPSA) is 108 Å². The van der Waals surface area contributed by atoms with Crippen molar-refractivity contribution in [2.75, 3.05) is 0 Å². The second kappa shape index (κ2) is 23.3. The highest BCUT2D eigenvalue weighted by atomic mass is 17.2. The molecule has 0 aliphatic heterocycles. The zero-order chi connectivity index (χ0) is 38.4. The first-order valence-electron chi connectivity index (χ1n) is 18.9. The molecule has 0 atom stereocenters. The van der Waals surface area contributed by atoms with Gasteiger partial charge in [-0.3, -0.25) is 4.79 Å². The average Bonchev–Trinajstić information content (AvgIpc) is 3.19. The van der Waals surface area contributed by atoms with Crippen molar-refractivity contribution in [2.45, 2.75) is 135 Å². The van der Waals surface area contributed by atoms with Crippen molar-refractivity contribution in [3.63, 3.8) is 0 Å². The Morgan fingerprint density at radius 2 is 1.11 bits per heavy atom. The lowest BCUT2D eigenvalue weighted by Crippen LogP contribution is -2.25. The Balaban J connectivity index is 0.000000268. The molecule has 0 amide bonds. The molecule has 3 aliphatic rings. The van der Waals surface area contributed by atoms with E-state index in [4.69, 9.17) is 24.4 Å². The van der Waals surface area contributed by atoms with E-state index < -0.39 is 11.9 Å². The lowest BCUT2D eigenvalue weighted by atomic mass is 9.97. The van der Waals surface area contributed by atoms with Crippen LogP contribution in [0.1, 0.15) is 144 Å². The zero-order valence-corrected chi connectivity index (χ0v) is 31.3. The van der Waals surface area contributed by atoms with E-state index in [9.17, 15) is 14.4 Å². The Morgan fingerprint density at radius 3 is 1.67 bits per heavy atom. The van der Waals surface area contributed by atoms with Crippen molar-refractivity contribution < 1.29 is 38.7 Å². The summed E-state index contributed by atoms with van der Waals surface area (Å²) in [6, 6.07) is 10.6. The van der Waals surface area contributed by atoms with Crippen LogP contribution in [0.4, 0.5) is 0 Å². The van der Waals surface area contributed by atoms with Crippen LogP contribution < -0.4 is 0 Å². The number of aryl methyl sites for hydroxylation is 2. The number of Topliss-reactive ketones (excluding diaryl/α,β-unsaturated/α-hetero) is 1. The quantitative estimate of drug-likeness (QED) is 0.0687. The second-order valence-corrected chi connectivity index (χ2v) is 13.7. The molecule has 3 saturated carbocycles. The molecule has 3 aliphatic carbocycles. The second-order valence-electron chi connectivity index (χ2n) is 13.7. The van der Waals surface area contributed by atoms with Gasteiger partial charge in [0, 0.05) is 29.2 Å². The van der Waals surface area contributed by atoms with E-state index in [1.54, 1.807) is 36.4 Å². The van der Waals surface area contributed by atoms with E-state index in [1.165, 1.54) is 32.1 Å². The van der Waals surface area contributed by atoms with Crippen molar-refractivity contribution in [1.29, 1.82) is 0 Å². The van der Waals surface area contributed by atoms with Crippen molar-refractivity contribution in [2.24, 2.45) is 0 Å². The molecule has 0 bridgehead atoms. The zero-order valence-electron chi connectivity index (χ0n) is 31.3. The summed E-state index contributed by atoms with van der Waals surface area (Å²) in [6.45, 7) is 4.14. The van der Waals surface area contributed by atoms with Gasteiger partial charge in [0.25, 0.3) is 0 Å². The molecular weight excluding hydrogens is 680 g/mol. The highest BCUT2D eigenvalue weighted by Crippen LogP contribution is 2.26. The SMILES string of the molecule is Cc1ccc(C(=O)C#CC#CC#CC#CC#CO)cc1C.O=C(OC1CCCCC1)c1ccc(COOC2CCCCC2)cc1C(=O)OC1CCCCC1. The third kappa shape index (κ3) is 14.5. The van der Waals surface area contributed by atoms with Crippen LogP contribution in [0.5, 0.6) is 0 Å². The number of hydrogen-bond donors (Lipinski definition) is 1. The van der Waals surface area contributed by atoms with Gasteiger partial charge in [-0.25, -0.2) is 19.4 Å². The van der Waals surface area contributed by atoms with Gasteiger partial charge >= 0.3 is 11.9 Å². The molecule has 8 heteroatoms. The molecule has 1 N–H and O–H groups in total. The molecule has 0 heterocycles. The first-order valence-corrected chi connectivity index (χ1v) is 18.9. The molecule has 0 saturated heterocycles. The van der Waals surface area contributed by atoms with E-state index in [2.05, 4.69) is 53.3 Å². The first-order chi connectivity index (χ1) is 26.3. The maximum Gasteiger partial charge on any atom is 0.339 e. The van der Waals surface area contributed by atoms with Crippen molar-refractivity contribution >= 4 is 17.7 Å². The number of carbonyl (C=O) groups is 3. The average molecular weight is 729 g/mol. The summed E-state index contributed by atoms with van der Waals surface area (Å²) in [4.78, 5) is 48.9. The monoisotopic (exact) mass is 728 g/mol. The Bertz CT molecular complexity index is 1920. The van der Waals surface area contributed by atoms with Crippen LogP contribution in [0.2, 0.25) is 0 Å². The fourth-order valence-corrected chi connectivity index (χ4v) is 6.44. The lowest BCUT2D eigenvalue weighted by Gasteiger charge is -2.24. The van der Waals surface area contributed by atoms with Gasteiger partial charge in [0.05, 0.1) is 17.2 Å². The number of ketones is 1. The van der Waals surface area contributed by atoms with Gasteiger partial charge in [0.2, 0.25) is 5.78 Å². The molecule has 2 aromatic carbocycles. The summed E-state index contributed by atoms with van der Waals surface area (Å²) >= 11 is 0. The predicted octanol–water partition coefficient (Wildman–Crippen LogP) is 8.28. The number of hydrogen-bond acceptors (Lipinski definition) is 8. The fourth-order valence-electron chi connectivity index (χ4n) is 6.44. The smallest absolute Gasteiger partial charge is 0.339 e. The summed E-state index contributed by atoms with van der Waals surface area (Å²) in [5.74, 6) is 20.2. The van der Waals surface area contributed by atoms with E-state index in [0.29, 0.717) is 5.56 Å². The van der Waals surface area contributed by atoms with Gasteiger partial charge in [-0.1, -0.05) is 50.3 Å². The van der Waals surface area contributed by atoms with Crippen LogP contribution in [0.3, 0.4) is 0 Å². The molecule has 5 rings (SSSR count). The number of esters is 2. The van der Waals surface area contributed by atoms with Gasteiger partial charge < -0.3 is 14.6 Å². The highest BCUT2D eigenvalue weighted by Gasteiger charge is 2.26. The van der Waals surface area contributed by atoms with E-state index >= 15 is 0 Å². The summed E-state index contributed by atoms with van der Waals surface area (Å²) < 4.78 is 11.5. The Kier molecular flexibility index (Phi) is 17.8. The van der Waals surface area contributed by atoms with E-state index in [0.717, 1.165) is 80.9 Å². The molecular formula is C46H48O8. The van der Waals surface area contributed by atoms with Gasteiger partial charge in [0.15, 0.2) is 0 Å². The normalized spacial score (nSPS) is 15.5. The van der Waals surface area contributed by atoms with Crippen LogP contribution in [0, 0.1) is 73.2 Å². The lowest BCUT2D eigenvalue weighted by molar-refractivity contribution is -0.336. The number of rotatable bonds is 9. The molecule has 0 unspecified atom stereocenters. The van der Waals surface area contributed by atoms with Gasteiger partial charge in [-0.05, 0) is 143 Å². The summed E-state index contributed by atoms with van der Waals surface area (Å²) in [5, 5.41) is 8.13. The van der Waals surface area contributed by atoms with E-state index in [1.807, 2.05) is 19.9 Å².